The molecule has 0 aliphatic carbocycles. The molecule has 0 aromatic carbocycles. The second kappa shape index (κ2) is 39.0. The number of hydrogen-bond acceptors (Lipinski definition) is 5. The van der Waals surface area contributed by atoms with Crippen molar-refractivity contribution >= 4 is 11.9 Å². The third kappa shape index (κ3) is 36.4. The molecule has 1 N–H and O–H groups in total. The van der Waals surface area contributed by atoms with E-state index < -0.39 is 6.10 Å². The Hall–Kier alpha value is -2.40. The first-order chi connectivity index (χ1) is 23.6. The molecule has 0 aliphatic heterocycles. The number of ether oxygens (including phenoxy) is 2. The molecule has 0 aromatic heterocycles. The minimum absolute atomic E-state index is 0.105. The van der Waals surface area contributed by atoms with Gasteiger partial charge in [0.1, 0.15) is 6.61 Å². The first-order valence-electron chi connectivity index (χ1n) is 19.8. The van der Waals surface area contributed by atoms with Crippen LogP contribution in [0.1, 0.15) is 181 Å². The number of carbonyl (C=O) groups is 2. The Morgan fingerprint density at radius 1 is 0.479 bits per heavy atom. The molecule has 1 atom stereocenters. The van der Waals surface area contributed by atoms with Crippen LogP contribution < -0.4 is 0 Å². The van der Waals surface area contributed by atoms with Gasteiger partial charge in [0.2, 0.25) is 0 Å². The molecule has 0 saturated carbocycles. The van der Waals surface area contributed by atoms with Gasteiger partial charge in [-0.1, -0.05) is 177 Å². The molecular formula is C43H74O5. The van der Waals surface area contributed by atoms with E-state index in [4.69, 9.17) is 9.47 Å². The van der Waals surface area contributed by atoms with Gasteiger partial charge in [-0.25, -0.2) is 0 Å². The number of carbonyl (C=O) groups excluding carboxylic acids is 2. The summed E-state index contributed by atoms with van der Waals surface area (Å²) in [6.07, 6.45) is 50.0. The summed E-state index contributed by atoms with van der Waals surface area (Å²) in [7, 11) is 0. The fraction of sp³-hybridized carbons (Fsp3) is 0.721. The third-order valence-electron chi connectivity index (χ3n) is 8.33. The lowest BCUT2D eigenvalue weighted by Crippen LogP contribution is -2.28. The maximum atomic E-state index is 12.2. The van der Waals surface area contributed by atoms with Crippen LogP contribution in [0.3, 0.4) is 0 Å². The summed E-state index contributed by atoms with van der Waals surface area (Å²) in [5, 5.41) is 9.54. The van der Waals surface area contributed by atoms with E-state index in [9.17, 15) is 14.7 Å². The highest BCUT2D eigenvalue weighted by atomic mass is 16.6. The molecule has 276 valence electrons. The lowest BCUT2D eigenvalue weighted by molar-refractivity contribution is -0.161. The van der Waals surface area contributed by atoms with Crippen LogP contribution in [0.4, 0.5) is 0 Å². The van der Waals surface area contributed by atoms with Crippen molar-refractivity contribution in [2.24, 2.45) is 0 Å². The maximum absolute atomic E-state index is 12.2. The number of hydrogen-bond donors (Lipinski definition) is 1. The first kappa shape index (κ1) is 45.6. The fourth-order valence-electron chi connectivity index (χ4n) is 5.30. The molecular weight excluding hydrogens is 596 g/mol. The van der Waals surface area contributed by atoms with Crippen LogP contribution in [0.25, 0.3) is 0 Å². The van der Waals surface area contributed by atoms with E-state index in [-0.39, 0.29) is 31.6 Å². The zero-order chi connectivity index (χ0) is 35.0. The maximum Gasteiger partial charge on any atom is 0.306 e. The second-order valence-electron chi connectivity index (χ2n) is 13.0. The van der Waals surface area contributed by atoms with Crippen LogP contribution in [0, 0.1) is 0 Å². The van der Waals surface area contributed by atoms with Gasteiger partial charge >= 0.3 is 11.9 Å². The van der Waals surface area contributed by atoms with Crippen molar-refractivity contribution in [3.8, 4) is 0 Å². The van der Waals surface area contributed by atoms with Crippen LogP contribution in [0.5, 0.6) is 0 Å². The summed E-state index contributed by atoms with van der Waals surface area (Å²) in [5.41, 5.74) is 0. The molecule has 0 rings (SSSR count). The van der Waals surface area contributed by atoms with Crippen LogP contribution in [0.15, 0.2) is 60.8 Å². The SMILES string of the molecule is CCCCCC=CCC=CCC=CCC=CCC=CCCC(=O)OCC(CO)OC(=O)CCCCCCCCCCCCCCCCC. The standard InChI is InChI=1S/C43H74O5/c1-3-5-7-9-11-13-15-17-19-20-21-22-24-25-27-29-31-33-35-37-42(45)47-40-41(39-44)48-43(46)38-36-34-32-30-28-26-23-18-16-14-12-10-8-6-4-2/h11,13,17,19,21-22,25,27,31,33,41,44H,3-10,12,14-16,18,20,23-24,26,28-30,32,34-40H2,1-2H3. The smallest absolute Gasteiger partial charge is 0.306 e. The molecule has 0 saturated heterocycles. The van der Waals surface area contributed by atoms with Gasteiger partial charge in [-0.3, -0.25) is 9.59 Å². The number of rotatable bonds is 35. The number of unbranched alkanes of at least 4 members (excludes halogenated alkanes) is 17. The van der Waals surface area contributed by atoms with Gasteiger partial charge in [0.05, 0.1) is 6.61 Å². The van der Waals surface area contributed by atoms with Crippen molar-refractivity contribution in [2.75, 3.05) is 13.2 Å². The number of aliphatic hydroxyl groups excluding tert-OH is 1. The largest absolute Gasteiger partial charge is 0.462 e. The van der Waals surface area contributed by atoms with E-state index in [1.54, 1.807) is 0 Å². The predicted molar refractivity (Wildman–Crippen MR) is 205 cm³/mol. The number of allylic oxidation sites excluding steroid dienone is 10. The van der Waals surface area contributed by atoms with Crippen LogP contribution in [0.2, 0.25) is 0 Å². The second-order valence-corrected chi connectivity index (χ2v) is 13.0. The molecule has 0 bridgehead atoms. The third-order valence-corrected chi connectivity index (χ3v) is 8.33. The molecule has 0 radical (unpaired) electrons. The average molecular weight is 671 g/mol. The lowest BCUT2D eigenvalue weighted by atomic mass is 10.0. The Balaban J connectivity index is 3.69. The minimum Gasteiger partial charge on any atom is -0.462 e. The Labute approximate surface area is 296 Å². The van der Waals surface area contributed by atoms with E-state index in [2.05, 4.69) is 62.5 Å². The summed E-state index contributed by atoms with van der Waals surface area (Å²) >= 11 is 0. The zero-order valence-electron chi connectivity index (χ0n) is 31.2. The van der Waals surface area contributed by atoms with E-state index in [1.807, 2.05) is 12.2 Å². The molecule has 0 aromatic rings. The van der Waals surface area contributed by atoms with Gasteiger partial charge in [-0.2, -0.15) is 0 Å². The van der Waals surface area contributed by atoms with Gasteiger partial charge in [0.15, 0.2) is 6.10 Å². The Morgan fingerprint density at radius 2 is 0.875 bits per heavy atom. The minimum atomic E-state index is -0.800. The van der Waals surface area contributed by atoms with Gasteiger partial charge in [-0.15, -0.1) is 0 Å². The van der Waals surface area contributed by atoms with Crippen molar-refractivity contribution < 1.29 is 24.2 Å². The molecule has 0 fully saturated rings. The van der Waals surface area contributed by atoms with Gasteiger partial charge in [-0.05, 0) is 51.4 Å². The molecule has 5 nitrogen and oxygen atoms in total. The molecule has 0 aliphatic rings. The van der Waals surface area contributed by atoms with E-state index in [0.29, 0.717) is 12.8 Å². The lowest BCUT2D eigenvalue weighted by Gasteiger charge is -2.15. The highest BCUT2D eigenvalue weighted by Gasteiger charge is 2.15. The van der Waals surface area contributed by atoms with Crippen LogP contribution in [-0.2, 0) is 19.1 Å². The van der Waals surface area contributed by atoms with Crippen molar-refractivity contribution in [1.82, 2.24) is 0 Å². The molecule has 0 amide bonds. The zero-order valence-corrected chi connectivity index (χ0v) is 31.2. The van der Waals surface area contributed by atoms with Gasteiger partial charge < -0.3 is 14.6 Å². The number of aliphatic hydroxyl groups is 1. The molecule has 0 heterocycles. The van der Waals surface area contributed by atoms with Crippen molar-refractivity contribution in [1.29, 1.82) is 0 Å². The average Bonchev–Trinajstić information content (AvgIpc) is 3.09. The van der Waals surface area contributed by atoms with E-state index in [0.717, 1.165) is 44.9 Å². The summed E-state index contributed by atoms with van der Waals surface area (Å²) in [6.45, 7) is 4.04. The fourth-order valence-corrected chi connectivity index (χ4v) is 5.30. The quantitative estimate of drug-likeness (QED) is 0.0413. The molecule has 0 spiro atoms. The van der Waals surface area contributed by atoms with Crippen LogP contribution in [-0.4, -0.2) is 36.4 Å². The number of esters is 2. The predicted octanol–water partition coefficient (Wildman–Crippen LogP) is 12.4. The Kier molecular flexibility index (Phi) is 37.1. The topological polar surface area (TPSA) is 72.8 Å². The summed E-state index contributed by atoms with van der Waals surface area (Å²) in [6, 6.07) is 0. The van der Waals surface area contributed by atoms with Crippen molar-refractivity contribution in [2.45, 2.75) is 187 Å². The van der Waals surface area contributed by atoms with Crippen molar-refractivity contribution in [3.05, 3.63) is 60.8 Å². The Bertz CT molecular complexity index is 853. The molecule has 5 heteroatoms. The van der Waals surface area contributed by atoms with Gasteiger partial charge in [0.25, 0.3) is 0 Å². The van der Waals surface area contributed by atoms with E-state index >= 15 is 0 Å². The van der Waals surface area contributed by atoms with Gasteiger partial charge in [0, 0.05) is 12.8 Å². The Morgan fingerprint density at radius 3 is 1.33 bits per heavy atom. The normalized spacial score (nSPS) is 12.8. The van der Waals surface area contributed by atoms with Crippen LogP contribution >= 0.6 is 0 Å². The first-order valence-corrected chi connectivity index (χ1v) is 19.8. The summed E-state index contributed by atoms with van der Waals surface area (Å²) < 4.78 is 10.5. The van der Waals surface area contributed by atoms with E-state index in [1.165, 1.54) is 103 Å². The monoisotopic (exact) mass is 671 g/mol. The summed E-state index contributed by atoms with van der Waals surface area (Å²) in [5.74, 6) is -0.686. The summed E-state index contributed by atoms with van der Waals surface area (Å²) in [4.78, 5) is 24.2. The highest BCUT2D eigenvalue weighted by molar-refractivity contribution is 5.70. The molecule has 1 unspecified atom stereocenters. The molecule has 48 heavy (non-hydrogen) atoms. The van der Waals surface area contributed by atoms with Crippen molar-refractivity contribution in [3.63, 3.8) is 0 Å². The highest BCUT2D eigenvalue weighted by Crippen LogP contribution is 2.14.